The van der Waals surface area contributed by atoms with Crippen molar-refractivity contribution in [3.05, 3.63) is 12.3 Å². The lowest BCUT2D eigenvalue weighted by Crippen LogP contribution is -2.36. The van der Waals surface area contributed by atoms with E-state index in [0.29, 0.717) is 5.95 Å². The molecule has 6 heteroatoms. The average molecular weight is 239 g/mol. The highest BCUT2D eigenvalue weighted by Gasteiger charge is 2.09. The summed E-state index contributed by atoms with van der Waals surface area (Å²) in [6.07, 6.45) is 1.67. The van der Waals surface area contributed by atoms with E-state index in [4.69, 9.17) is 5.73 Å². The smallest absolute Gasteiger partial charge is 0.221 e. The highest BCUT2D eigenvalue weighted by molar-refractivity contribution is 7.99. The Bertz CT molecular complexity index is 327. The second-order valence-corrected chi connectivity index (χ2v) is 4.91. The minimum absolute atomic E-state index is 0.319. The predicted octanol–water partition coefficient (Wildman–Crippen LogP) is 0.519. The van der Waals surface area contributed by atoms with Gasteiger partial charge in [0.1, 0.15) is 5.82 Å². The Morgan fingerprint density at radius 1 is 1.44 bits per heavy atom. The lowest BCUT2D eigenvalue weighted by atomic mass is 10.4. The maximum absolute atomic E-state index is 5.50. The van der Waals surface area contributed by atoms with Gasteiger partial charge in [0.2, 0.25) is 5.95 Å². The van der Waals surface area contributed by atoms with Crippen molar-refractivity contribution in [1.82, 2.24) is 14.9 Å². The van der Waals surface area contributed by atoms with E-state index in [1.165, 1.54) is 24.6 Å². The van der Waals surface area contributed by atoms with E-state index in [1.54, 1.807) is 6.20 Å². The molecule has 1 aliphatic heterocycles. The van der Waals surface area contributed by atoms with Gasteiger partial charge in [0.05, 0.1) is 0 Å². The van der Waals surface area contributed by atoms with Crippen molar-refractivity contribution in [2.24, 2.45) is 0 Å². The quantitative estimate of drug-likeness (QED) is 0.798. The van der Waals surface area contributed by atoms with Crippen molar-refractivity contribution in [1.29, 1.82) is 0 Å². The molecule has 0 spiro atoms. The predicted molar refractivity (Wildman–Crippen MR) is 68.7 cm³/mol. The molecule has 0 saturated carbocycles. The summed E-state index contributed by atoms with van der Waals surface area (Å²) in [5.74, 6) is 3.62. The zero-order valence-electron chi connectivity index (χ0n) is 9.22. The molecule has 0 radical (unpaired) electrons. The minimum atomic E-state index is 0.319. The largest absolute Gasteiger partial charge is 0.369 e. The lowest BCUT2D eigenvalue weighted by molar-refractivity contribution is 0.314. The number of nitrogens with zero attached hydrogens (tertiary/aromatic N) is 3. The number of nitrogens with one attached hydrogen (secondary N) is 1. The summed E-state index contributed by atoms with van der Waals surface area (Å²) >= 11 is 2.03. The minimum Gasteiger partial charge on any atom is -0.369 e. The van der Waals surface area contributed by atoms with Gasteiger partial charge in [-0.2, -0.15) is 16.7 Å². The normalized spacial score (nSPS) is 17.2. The van der Waals surface area contributed by atoms with Gasteiger partial charge in [0.15, 0.2) is 0 Å². The molecule has 1 aromatic heterocycles. The standard InChI is InChI=1S/C10H17N5S/c11-10-13-2-1-9(14-10)12-3-4-15-5-7-16-8-6-15/h1-2H,3-8H2,(H3,11,12,13,14). The van der Waals surface area contributed by atoms with Crippen molar-refractivity contribution >= 4 is 23.5 Å². The molecule has 2 rings (SSSR count). The Morgan fingerprint density at radius 3 is 3.00 bits per heavy atom. The van der Waals surface area contributed by atoms with E-state index in [0.717, 1.165) is 18.9 Å². The Morgan fingerprint density at radius 2 is 2.25 bits per heavy atom. The first-order valence-corrected chi connectivity index (χ1v) is 6.62. The molecule has 0 aliphatic carbocycles. The van der Waals surface area contributed by atoms with Crippen LogP contribution in [-0.4, -0.2) is 52.6 Å². The number of hydrogen-bond acceptors (Lipinski definition) is 6. The summed E-state index contributed by atoms with van der Waals surface area (Å²) in [5, 5.41) is 3.25. The molecule has 1 fully saturated rings. The number of hydrogen-bond donors (Lipinski definition) is 2. The van der Waals surface area contributed by atoms with Crippen LogP contribution in [0.15, 0.2) is 12.3 Å². The van der Waals surface area contributed by atoms with Gasteiger partial charge < -0.3 is 11.1 Å². The molecule has 2 heterocycles. The summed E-state index contributed by atoms with van der Waals surface area (Å²) in [7, 11) is 0. The van der Waals surface area contributed by atoms with Crippen LogP contribution < -0.4 is 11.1 Å². The maximum atomic E-state index is 5.50. The third-order valence-corrected chi connectivity index (χ3v) is 3.45. The number of nitrogens with two attached hydrogens (primary N) is 1. The number of nitrogen functional groups attached to an aromatic ring is 1. The van der Waals surface area contributed by atoms with Crippen LogP contribution in [0.5, 0.6) is 0 Å². The molecule has 0 aromatic carbocycles. The zero-order chi connectivity index (χ0) is 11.2. The summed E-state index contributed by atoms with van der Waals surface area (Å²) in [6, 6.07) is 1.84. The molecule has 1 saturated heterocycles. The van der Waals surface area contributed by atoms with Crippen LogP contribution in [0.25, 0.3) is 0 Å². The highest BCUT2D eigenvalue weighted by atomic mass is 32.2. The fourth-order valence-electron chi connectivity index (χ4n) is 1.64. The van der Waals surface area contributed by atoms with Crippen molar-refractivity contribution in [3.63, 3.8) is 0 Å². The van der Waals surface area contributed by atoms with Crippen molar-refractivity contribution in [3.8, 4) is 0 Å². The van der Waals surface area contributed by atoms with Crippen LogP contribution >= 0.6 is 11.8 Å². The molecule has 1 aromatic rings. The molecule has 3 N–H and O–H groups in total. The van der Waals surface area contributed by atoms with Crippen LogP contribution in [0.3, 0.4) is 0 Å². The molecule has 0 bridgehead atoms. The van der Waals surface area contributed by atoms with Crippen molar-refractivity contribution < 1.29 is 0 Å². The van der Waals surface area contributed by atoms with E-state index in [9.17, 15) is 0 Å². The van der Waals surface area contributed by atoms with E-state index in [-0.39, 0.29) is 0 Å². The Labute approximate surface area is 99.8 Å². The van der Waals surface area contributed by atoms with Gasteiger partial charge in [-0.1, -0.05) is 0 Å². The Balaban J connectivity index is 1.71. The molecule has 16 heavy (non-hydrogen) atoms. The van der Waals surface area contributed by atoms with Crippen LogP contribution in [0.2, 0.25) is 0 Å². The van der Waals surface area contributed by atoms with E-state index in [1.807, 2.05) is 17.8 Å². The van der Waals surface area contributed by atoms with Gasteiger partial charge in [-0.25, -0.2) is 4.98 Å². The first-order chi connectivity index (χ1) is 7.84. The fraction of sp³-hybridized carbons (Fsp3) is 0.600. The molecule has 88 valence electrons. The van der Waals surface area contributed by atoms with Gasteiger partial charge in [-0.3, -0.25) is 4.90 Å². The molecule has 5 nitrogen and oxygen atoms in total. The monoisotopic (exact) mass is 239 g/mol. The van der Waals surface area contributed by atoms with Crippen molar-refractivity contribution in [2.45, 2.75) is 0 Å². The third-order valence-electron chi connectivity index (χ3n) is 2.51. The molecule has 0 unspecified atom stereocenters. The van der Waals surface area contributed by atoms with Gasteiger partial charge in [-0.05, 0) is 6.07 Å². The van der Waals surface area contributed by atoms with Gasteiger partial charge in [-0.15, -0.1) is 0 Å². The van der Waals surface area contributed by atoms with Crippen LogP contribution in [0, 0.1) is 0 Å². The Kier molecular flexibility index (Phi) is 4.24. The summed E-state index contributed by atoms with van der Waals surface area (Å²) in [5.41, 5.74) is 5.50. The van der Waals surface area contributed by atoms with Gasteiger partial charge in [0.25, 0.3) is 0 Å². The second kappa shape index (κ2) is 5.91. The Hall–Kier alpha value is -1.01. The fourth-order valence-corrected chi connectivity index (χ4v) is 2.62. The average Bonchev–Trinajstić information content (AvgIpc) is 2.30. The SMILES string of the molecule is Nc1nccc(NCCN2CCSCC2)n1. The summed E-state index contributed by atoms with van der Waals surface area (Å²) < 4.78 is 0. The number of aromatic nitrogens is 2. The number of thioether (sulfide) groups is 1. The molecule has 0 atom stereocenters. The number of rotatable bonds is 4. The topological polar surface area (TPSA) is 67.1 Å². The molecule has 1 aliphatic rings. The first kappa shape index (κ1) is 11.5. The number of anilines is 2. The van der Waals surface area contributed by atoms with E-state index >= 15 is 0 Å². The second-order valence-electron chi connectivity index (χ2n) is 3.68. The lowest BCUT2D eigenvalue weighted by Gasteiger charge is -2.26. The van der Waals surface area contributed by atoms with Crippen LogP contribution in [-0.2, 0) is 0 Å². The maximum Gasteiger partial charge on any atom is 0.221 e. The van der Waals surface area contributed by atoms with Crippen molar-refractivity contribution in [2.75, 3.05) is 48.7 Å². The molecular weight excluding hydrogens is 222 g/mol. The first-order valence-electron chi connectivity index (χ1n) is 5.47. The summed E-state index contributed by atoms with van der Waals surface area (Å²) in [4.78, 5) is 10.4. The van der Waals surface area contributed by atoms with Crippen LogP contribution in [0.4, 0.5) is 11.8 Å². The van der Waals surface area contributed by atoms with Gasteiger partial charge >= 0.3 is 0 Å². The van der Waals surface area contributed by atoms with Gasteiger partial charge in [0, 0.05) is 43.9 Å². The zero-order valence-corrected chi connectivity index (χ0v) is 10.0. The molecule has 0 amide bonds. The highest BCUT2D eigenvalue weighted by Crippen LogP contribution is 2.08. The van der Waals surface area contributed by atoms with E-state index < -0.39 is 0 Å². The van der Waals surface area contributed by atoms with E-state index in [2.05, 4.69) is 20.2 Å². The van der Waals surface area contributed by atoms with Crippen LogP contribution in [0.1, 0.15) is 0 Å². The summed E-state index contributed by atoms with van der Waals surface area (Å²) in [6.45, 7) is 4.35. The third kappa shape index (κ3) is 3.53. The molecular formula is C10H17N5S.